The van der Waals surface area contributed by atoms with E-state index in [1.807, 2.05) is 30.3 Å². The maximum absolute atomic E-state index is 12.3. The van der Waals surface area contributed by atoms with Crippen molar-refractivity contribution in [2.24, 2.45) is 0 Å². The summed E-state index contributed by atoms with van der Waals surface area (Å²) in [5.41, 5.74) is 1.96. The monoisotopic (exact) mass is 374 g/mol. The van der Waals surface area contributed by atoms with Gasteiger partial charge in [-0.2, -0.15) is 0 Å². The fraction of sp³-hybridized carbons (Fsp3) is 0.263. The van der Waals surface area contributed by atoms with Gasteiger partial charge in [0.1, 0.15) is 0 Å². The molecule has 0 saturated carbocycles. The Labute approximate surface area is 153 Å². The van der Waals surface area contributed by atoms with Gasteiger partial charge in [0, 0.05) is 31.3 Å². The van der Waals surface area contributed by atoms with E-state index in [4.69, 9.17) is 0 Å². The van der Waals surface area contributed by atoms with Gasteiger partial charge < -0.3 is 10.6 Å². The minimum absolute atomic E-state index is 0.0915. The normalized spacial score (nSPS) is 11.0. The molecular weight excluding hydrogens is 352 g/mol. The van der Waals surface area contributed by atoms with E-state index in [1.165, 1.54) is 12.1 Å². The lowest BCUT2D eigenvalue weighted by Gasteiger charge is -2.10. The van der Waals surface area contributed by atoms with Crippen LogP contribution in [0.15, 0.2) is 53.4 Å². The molecule has 2 amide bonds. The van der Waals surface area contributed by atoms with Crippen molar-refractivity contribution in [1.29, 1.82) is 0 Å². The Morgan fingerprint density at radius 1 is 1.00 bits per heavy atom. The van der Waals surface area contributed by atoms with Crippen LogP contribution in [0.25, 0.3) is 0 Å². The van der Waals surface area contributed by atoms with Crippen LogP contribution in [0, 0.1) is 6.92 Å². The first kappa shape index (κ1) is 19.7. The zero-order chi connectivity index (χ0) is 19.2. The molecule has 2 rings (SSSR count). The summed E-state index contributed by atoms with van der Waals surface area (Å²) in [6.45, 7) is 2.33. The summed E-state index contributed by atoms with van der Waals surface area (Å²) in [6.07, 6.45) is 1.24. The third kappa shape index (κ3) is 5.70. The smallest absolute Gasteiger partial charge is 0.251 e. The van der Waals surface area contributed by atoms with Crippen molar-refractivity contribution in [3.8, 4) is 0 Å². The number of hydrogen-bond donors (Lipinski definition) is 2. The molecule has 0 bridgehead atoms. The van der Waals surface area contributed by atoms with E-state index in [9.17, 15) is 18.0 Å². The minimum atomic E-state index is -3.39. The van der Waals surface area contributed by atoms with Crippen molar-refractivity contribution < 1.29 is 18.0 Å². The Morgan fingerprint density at radius 3 is 2.35 bits per heavy atom. The second kappa shape index (κ2) is 8.62. The zero-order valence-electron chi connectivity index (χ0n) is 14.8. The molecular formula is C19H22N2O4S. The number of rotatable bonds is 7. The molecule has 0 radical (unpaired) electrons. The fourth-order valence-electron chi connectivity index (χ4n) is 2.35. The van der Waals surface area contributed by atoms with E-state index >= 15 is 0 Å². The third-order valence-corrected chi connectivity index (χ3v) is 4.96. The predicted octanol–water partition coefficient (Wildman–Crippen LogP) is 1.83. The number of carbonyl (C=O) groups excluding carboxylic acids is 2. The average molecular weight is 374 g/mol. The molecule has 26 heavy (non-hydrogen) atoms. The molecule has 0 aromatic heterocycles. The molecule has 0 spiro atoms. The van der Waals surface area contributed by atoms with Gasteiger partial charge in [-0.25, -0.2) is 8.42 Å². The van der Waals surface area contributed by atoms with Crippen LogP contribution in [0.5, 0.6) is 0 Å². The van der Waals surface area contributed by atoms with E-state index < -0.39 is 15.7 Å². The molecule has 0 atom stereocenters. The highest BCUT2D eigenvalue weighted by molar-refractivity contribution is 7.90. The molecule has 7 heteroatoms. The Bertz CT molecular complexity index is 893. The van der Waals surface area contributed by atoms with Crippen molar-refractivity contribution in [2.45, 2.75) is 24.8 Å². The van der Waals surface area contributed by atoms with Crippen molar-refractivity contribution >= 4 is 21.7 Å². The van der Waals surface area contributed by atoms with E-state index in [2.05, 4.69) is 10.6 Å². The SMILES string of the molecule is Cc1ccc(S(C)(=O)=O)cc1C(=O)NCCC(=O)NCc1ccccc1. The van der Waals surface area contributed by atoms with Crippen molar-refractivity contribution in [2.75, 3.05) is 12.8 Å². The lowest BCUT2D eigenvalue weighted by molar-refractivity contribution is -0.121. The van der Waals surface area contributed by atoms with E-state index in [0.29, 0.717) is 12.1 Å². The van der Waals surface area contributed by atoms with Crippen LogP contribution in [0.3, 0.4) is 0 Å². The number of amides is 2. The first-order chi connectivity index (χ1) is 12.3. The van der Waals surface area contributed by atoms with Gasteiger partial charge in [-0.3, -0.25) is 9.59 Å². The van der Waals surface area contributed by atoms with Crippen LogP contribution in [0.4, 0.5) is 0 Å². The van der Waals surface area contributed by atoms with Crippen LogP contribution in [-0.4, -0.2) is 33.0 Å². The van der Waals surface area contributed by atoms with Crippen LogP contribution < -0.4 is 10.6 Å². The Balaban J connectivity index is 1.86. The quantitative estimate of drug-likeness (QED) is 0.773. The standard InChI is InChI=1S/C19H22N2O4S/c1-14-8-9-16(26(2,24)25)12-17(14)19(23)20-11-10-18(22)21-13-15-6-4-3-5-7-15/h3-9,12H,10-11,13H2,1-2H3,(H,20,23)(H,21,22). The topological polar surface area (TPSA) is 92.3 Å². The van der Waals surface area contributed by atoms with Gasteiger partial charge in [0.05, 0.1) is 4.90 Å². The molecule has 0 saturated heterocycles. The highest BCUT2D eigenvalue weighted by Crippen LogP contribution is 2.15. The molecule has 0 aliphatic carbocycles. The second-order valence-corrected chi connectivity index (χ2v) is 8.03. The molecule has 2 aromatic carbocycles. The van der Waals surface area contributed by atoms with Gasteiger partial charge >= 0.3 is 0 Å². The van der Waals surface area contributed by atoms with Gasteiger partial charge in [-0.05, 0) is 30.2 Å². The molecule has 0 unspecified atom stereocenters. The van der Waals surface area contributed by atoms with Gasteiger partial charge in [-0.1, -0.05) is 36.4 Å². The molecule has 2 N–H and O–H groups in total. The van der Waals surface area contributed by atoms with E-state index in [1.54, 1.807) is 13.0 Å². The number of aryl methyl sites for hydroxylation is 1. The van der Waals surface area contributed by atoms with Gasteiger partial charge in [-0.15, -0.1) is 0 Å². The maximum Gasteiger partial charge on any atom is 0.251 e. The summed E-state index contributed by atoms with van der Waals surface area (Å²) in [7, 11) is -3.39. The maximum atomic E-state index is 12.3. The van der Waals surface area contributed by atoms with E-state index in [0.717, 1.165) is 11.8 Å². The van der Waals surface area contributed by atoms with Gasteiger partial charge in [0.2, 0.25) is 5.91 Å². The minimum Gasteiger partial charge on any atom is -0.352 e. The summed E-state index contributed by atoms with van der Waals surface area (Å²) in [5, 5.41) is 5.44. The molecule has 138 valence electrons. The lowest BCUT2D eigenvalue weighted by Crippen LogP contribution is -2.30. The summed E-state index contributed by atoms with van der Waals surface area (Å²) in [6, 6.07) is 14.0. The highest BCUT2D eigenvalue weighted by Gasteiger charge is 2.14. The molecule has 0 fully saturated rings. The Morgan fingerprint density at radius 2 is 1.69 bits per heavy atom. The first-order valence-electron chi connectivity index (χ1n) is 8.17. The summed E-state index contributed by atoms with van der Waals surface area (Å²) >= 11 is 0. The van der Waals surface area contributed by atoms with Crippen molar-refractivity contribution in [3.63, 3.8) is 0 Å². The van der Waals surface area contributed by atoms with Crippen LogP contribution in [0.1, 0.15) is 27.9 Å². The lowest BCUT2D eigenvalue weighted by atomic mass is 10.1. The number of sulfone groups is 1. The Hall–Kier alpha value is -2.67. The zero-order valence-corrected chi connectivity index (χ0v) is 15.6. The third-order valence-electron chi connectivity index (χ3n) is 3.85. The van der Waals surface area contributed by atoms with Gasteiger partial charge in [0.25, 0.3) is 5.91 Å². The summed E-state index contributed by atoms with van der Waals surface area (Å²) in [5.74, 6) is -0.570. The fourth-order valence-corrected chi connectivity index (χ4v) is 2.99. The largest absolute Gasteiger partial charge is 0.352 e. The highest BCUT2D eigenvalue weighted by atomic mass is 32.2. The molecule has 0 aliphatic rings. The molecule has 2 aromatic rings. The number of nitrogens with one attached hydrogen (secondary N) is 2. The molecule has 6 nitrogen and oxygen atoms in total. The summed E-state index contributed by atoms with van der Waals surface area (Å²) in [4.78, 5) is 24.2. The van der Waals surface area contributed by atoms with Gasteiger partial charge in [0.15, 0.2) is 9.84 Å². The summed E-state index contributed by atoms with van der Waals surface area (Å²) < 4.78 is 23.3. The van der Waals surface area contributed by atoms with Crippen LogP contribution in [-0.2, 0) is 21.2 Å². The predicted molar refractivity (Wildman–Crippen MR) is 99.5 cm³/mol. The molecule has 0 heterocycles. The van der Waals surface area contributed by atoms with Crippen LogP contribution in [0.2, 0.25) is 0 Å². The van der Waals surface area contributed by atoms with E-state index in [-0.39, 0.29) is 29.3 Å². The van der Waals surface area contributed by atoms with Crippen LogP contribution >= 0.6 is 0 Å². The van der Waals surface area contributed by atoms with Crippen molar-refractivity contribution in [1.82, 2.24) is 10.6 Å². The number of carbonyl (C=O) groups is 2. The average Bonchev–Trinajstić information content (AvgIpc) is 2.60. The molecule has 0 aliphatic heterocycles. The van der Waals surface area contributed by atoms with Crippen molar-refractivity contribution in [3.05, 3.63) is 65.2 Å². The number of hydrogen-bond acceptors (Lipinski definition) is 4. The first-order valence-corrected chi connectivity index (χ1v) is 10.1. The second-order valence-electron chi connectivity index (χ2n) is 6.02. The Kier molecular flexibility index (Phi) is 6.52. The number of benzene rings is 2.